The number of aromatic nitrogens is 1. The van der Waals surface area contributed by atoms with Crippen molar-refractivity contribution in [2.75, 3.05) is 6.26 Å². The summed E-state index contributed by atoms with van der Waals surface area (Å²) in [6.45, 7) is 3.81. The molecule has 2 aromatic rings. The van der Waals surface area contributed by atoms with E-state index in [0.717, 1.165) is 21.3 Å². The van der Waals surface area contributed by atoms with Crippen LogP contribution in [-0.4, -0.2) is 37.1 Å². The van der Waals surface area contributed by atoms with Gasteiger partial charge in [0.15, 0.2) is 10.2 Å². The van der Waals surface area contributed by atoms with E-state index in [1.807, 2.05) is 36.8 Å². The standard InChI is InChI=1S/C19H16FN5OS2/c1-10-7-12(11(2)24(10)14-6-4-5-13(20)9-14)8-15-16(21)25-18(22-17(15)26)28-19(23-25)27-3/h4-9,21H,1-3H3. The van der Waals surface area contributed by atoms with E-state index in [1.54, 1.807) is 12.1 Å². The van der Waals surface area contributed by atoms with Crippen LogP contribution in [0.3, 0.4) is 0 Å². The molecule has 9 heteroatoms. The average Bonchev–Trinajstić information content (AvgIpc) is 3.19. The van der Waals surface area contributed by atoms with Crippen LogP contribution >= 0.6 is 23.5 Å². The quantitative estimate of drug-likeness (QED) is 0.750. The lowest BCUT2D eigenvalue weighted by Crippen LogP contribution is -2.35. The molecule has 0 saturated carbocycles. The van der Waals surface area contributed by atoms with Gasteiger partial charge in [-0.15, -0.1) is 16.9 Å². The number of amidine groups is 2. The normalized spacial score (nSPS) is 17.9. The number of benzene rings is 1. The number of fused-ring (bicyclic) bond motifs is 1. The van der Waals surface area contributed by atoms with Gasteiger partial charge in [-0.3, -0.25) is 10.2 Å². The Bertz CT molecular complexity index is 1120. The van der Waals surface area contributed by atoms with Crippen molar-refractivity contribution in [1.29, 1.82) is 5.41 Å². The number of nitrogens with zero attached hydrogens (tertiary/aromatic N) is 4. The molecule has 4 rings (SSSR count). The first-order valence-corrected chi connectivity index (χ1v) is 10.4. The summed E-state index contributed by atoms with van der Waals surface area (Å²) in [5, 5.41) is 14.5. The summed E-state index contributed by atoms with van der Waals surface area (Å²) >= 11 is 2.72. The first-order valence-electron chi connectivity index (χ1n) is 8.38. The van der Waals surface area contributed by atoms with Gasteiger partial charge in [0.2, 0.25) is 5.17 Å². The highest BCUT2D eigenvalue weighted by Crippen LogP contribution is 2.32. The van der Waals surface area contributed by atoms with Crippen molar-refractivity contribution < 1.29 is 9.18 Å². The smallest absolute Gasteiger partial charge is 0.283 e. The molecule has 1 amide bonds. The zero-order chi connectivity index (χ0) is 20.0. The van der Waals surface area contributed by atoms with E-state index >= 15 is 0 Å². The fraction of sp³-hybridized carbons (Fsp3) is 0.158. The van der Waals surface area contributed by atoms with Crippen molar-refractivity contribution in [2.24, 2.45) is 10.1 Å². The van der Waals surface area contributed by atoms with Gasteiger partial charge in [0.05, 0.1) is 5.57 Å². The molecular formula is C19H16FN5OS2. The molecule has 1 N–H and O–H groups in total. The van der Waals surface area contributed by atoms with Crippen molar-refractivity contribution in [1.82, 2.24) is 9.58 Å². The predicted octanol–water partition coefficient (Wildman–Crippen LogP) is 4.17. The number of halogens is 1. The molecular weight excluding hydrogens is 397 g/mol. The maximum Gasteiger partial charge on any atom is 0.283 e. The monoisotopic (exact) mass is 413 g/mol. The van der Waals surface area contributed by atoms with E-state index in [0.29, 0.717) is 10.9 Å². The molecule has 0 saturated heterocycles. The molecule has 2 aliphatic rings. The Kier molecular flexibility index (Phi) is 4.72. The van der Waals surface area contributed by atoms with E-state index in [9.17, 15) is 9.18 Å². The Hall–Kier alpha value is -2.65. The molecule has 28 heavy (non-hydrogen) atoms. The number of hydrogen-bond acceptors (Lipinski definition) is 5. The molecule has 0 aliphatic carbocycles. The molecule has 0 unspecified atom stereocenters. The highest BCUT2D eigenvalue weighted by molar-refractivity contribution is 8.45. The van der Waals surface area contributed by atoms with Crippen LogP contribution in [0.25, 0.3) is 11.8 Å². The molecule has 0 bridgehead atoms. The van der Waals surface area contributed by atoms with E-state index in [2.05, 4.69) is 10.1 Å². The maximum absolute atomic E-state index is 13.6. The molecule has 2 aliphatic heterocycles. The summed E-state index contributed by atoms with van der Waals surface area (Å²) in [6.07, 6.45) is 3.54. The van der Waals surface area contributed by atoms with Gasteiger partial charge < -0.3 is 4.57 Å². The molecule has 6 nitrogen and oxygen atoms in total. The van der Waals surface area contributed by atoms with Gasteiger partial charge in [0.1, 0.15) is 5.82 Å². The second-order valence-corrected chi connectivity index (χ2v) is 8.24. The highest BCUT2D eigenvalue weighted by Gasteiger charge is 2.35. The first-order chi connectivity index (χ1) is 13.4. The Morgan fingerprint density at radius 1 is 1.29 bits per heavy atom. The third-order valence-electron chi connectivity index (χ3n) is 4.45. The molecule has 0 spiro atoms. The summed E-state index contributed by atoms with van der Waals surface area (Å²) < 4.78 is 16.3. The molecule has 0 radical (unpaired) electrons. The van der Waals surface area contributed by atoms with Gasteiger partial charge in [-0.25, -0.2) is 4.39 Å². The van der Waals surface area contributed by atoms with E-state index in [1.165, 1.54) is 40.7 Å². The number of aryl methyl sites for hydroxylation is 1. The van der Waals surface area contributed by atoms with Crippen LogP contribution in [0.15, 0.2) is 46.0 Å². The van der Waals surface area contributed by atoms with Crippen LogP contribution in [0.5, 0.6) is 0 Å². The van der Waals surface area contributed by atoms with Crippen LogP contribution < -0.4 is 0 Å². The van der Waals surface area contributed by atoms with Crippen LogP contribution in [-0.2, 0) is 4.79 Å². The van der Waals surface area contributed by atoms with Crippen LogP contribution in [0.2, 0.25) is 0 Å². The van der Waals surface area contributed by atoms with Crippen LogP contribution in [0.1, 0.15) is 17.0 Å². The second kappa shape index (κ2) is 7.06. The van der Waals surface area contributed by atoms with Gasteiger partial charge in [-0.2, -0.15) is 10.0 Å². The first kappa shape index (κ1) is 18.7. The number of amides is 1. The molecule has 0 fully saturated rings. The molecule has 0 atom stereocenters. The number of nitrogens with one attached hydrogen (secondary N) is 1. The third-order valence-corrected chi connectivity index (χ3v) is 6.33. The number of hydrazone groups is 1. The number of thioether (sulfide) groups is 2. The Labute approximate surface area is 169 Å². The average molecular weight is 414 g/mol. The van der Waals surface area contributed by atoms with E-state index in [4.69, 9.17) is 5.41 Å². The molecule has 142 valence electrons. The fourth-order valence-electron chi connectivity index (χ4n) is 3.16. The molecule has 1 aromatic carbocycles. The number of hydrogen-bond donors (Lipinski definition) is 1. The third kappa shape index (κ3) is 3.10. The Morgan fingerprint density at radius 2 is 2.07 bits per heavy atom. The lowest BCUT2D eigenvalue weighted by atomic mass is 10.1. The van der Waals surface area contributed by atoms with Gasteiger partial charge in [-0.05, 0) is 67.8 Å². The topological polar surface area (TPSA) is 73.8 Å². The summed E-state index contributed by atoms with van der Waals surface area (Å²) in [6, 6.07) is 8.24. The van der Waals surface area contributed by atoms with E-state index in [-0.39, 0.29) is 17.2 Å². The van der Waals surface area contributed by atoms with Gasteiger partial charge >= 0.3 is 0 Å². The van der Waals surface area contributed by atoms with Crippen LogP contribution in [0.4, 0.5) is 4.39 Å². The van der Waals surface area contributed by atoms with Gasteiger partial charge in [0.25, 0.3) is 5.91 Å². The predicted molar refractivity (Wildman–Crippen MR) is 114 cm³/mol. The number of carbonyl (C=O) groups is 1. The summed E-state index contributed by atoms with van der Waals surface area (Å²) in [4.78, 5) is 16.6. The molecule has 1 aromatic heterocycles. The lowest BCUT2D eigenvalue weighted by molar-refractivity contribution is -0.114. The van der Waals surface area contributed by atoms with Crippen molar-refractivity contribution in [3.05, 3.63) is 58.7 Å². The largest absolute Gasteiger partial charge is 0.318 e. The maximum atomic E-state index is 13.6. The van der Waals surface area contributed by atoms with Gasteiger partial charge in [0, 0.05) is 17.1 Å². The summed E-state index contributed by atoms with van der Waals surface area (Å²) in [5.74, 6) is -0.774. The highest BCUT2D eigenvalue weighted by atomic mass is 32.2. The number of aliphatic imine (C=N–C) groups is 1. The minimum Gasteiger partial charge on any atom is -0.318 e. The minimum absolute atomic E-state index is 0.00195. The zero-order valence-corrected chi connectivity index (χ0v) is 17.0. The van der Waals surface area contributed by atoms with Gasteiger partial charge in [-0.1, -0.05) is 6.07 Å². The van der Waals surface area contributed by atoms with E-state index < -0.39 is 5.91 Å². The van der Waals surface area contributed by atoms with Crippen molar-refractivity contribution in [3.8, 4) is 5.69 Å². The van der Waals surface area contributed by atoms with Crippen molar-refractivity contribution in [2.45, 2.75) is 13.8 Å². The minimum atomic E-state index is -0.461. The number of rotatable bonds is 2. The van der Waals surface area contributed by atoms with Crippen LogP contribution in [0, 0.1) is 25.1 Å². The Balaban J connectivity index is 1.76. The Morgan fingerprint density at radius 3 is 2.79 bits per heavy atom. The van der Waals surface area contributed by atoms with Crippen molar-refractivity contribution >= 4 is 50.9 Å². The second-order valence-electron chi connectivity index (χ2n) is 6.23. The SMILES string of the molecule is CSC1=NN2C(=N)C(=Cc3cc(C)n(-c4cccc(F)c4)c3C)C(=O)N=C2S1. The van der Waals surface area contributed by atoms with Crippen molar-refractivity contribution in [3.63, 3.8) is 0 Å². The zero-order valence-electron chi connectivity index (χ0n) is 15.4. The summed E-state index contributed by atoms with van der Waals surface area (Å²) in [5.41, 5.74) is 3.39. The number of carbonyl (C=O) groups excluding carboxylic acids is 1. The lowest BCUT2D eigenvalue weighted by Gasteiger charge is -2.20. The summed E-state index contributed by atoms with van der Waals surface area (Å²) in [7, 11) is 0. The molecule has 3 heterocycles. The fourth-order valence-corrected chi connectivity index (χ4v) is 4.50.